The minimum Gasteiger partial charge on any atom is -0.384 e. The number of methoxy groups -OCH3 is 1. The van der Waals surface area contributed by atoms with E-state index in [1.165, 1.54) is 43.5 Å². The van der Waals surface area contributed by atoms with Crippen molar-refractivity contribution in [3.63, 3.8) is 0 Å². The number of aliphatic imine (C=N–C) groups is 1. The molecule has 5 heteroatoms. The Balaban J connectivity index is 1.53. The maximum absolute atomic E-state index is 5.32. The summed E-state index contributed by atoms with van der Waals surface area (Å²) in [6.07, 6.45) is 3.85. The molecule has 2 aliphatic rings. The molecule has 0 radical (unpaired) electrons. The van der Waals surface area contributed by atoms with E-state index in [0.717, 1.165) is 51.2 Å². The molecule has 156 valence electrons. The monoisotopic (exact) mass is 386 g/mol. The molecule has 1 atom stereocenters. The van der Waals surface area contributed by atoms with Crippen LogP contribution in [-0.4, -0.2) is 62.2 Å². The third-order valence-electron chi connectivity index (χ3n) is 6.04. The van der Waals surface area contributed by atoms with Gasteiger partial charge in [0.25, 0.3) is 0 Å². The molecule has 28 heavy (non-hydrogen) atoms. The summed E-state index contributed by atoms with van der Waals surface area (Å²) in [5, 5.41) is 3.45. The molecule has 5 nitrogen and oxygen atoms in total. The van der Waals surface area contributed by atoms with Crippen molar-refractivity contribution in [3.8, 4) is 0 Å². The molecule has 1 aromatic rings. The highest BCUT2D eigenvalue weighted by molar-refractivity contribution is 5.80. The number of hydrogen-bond donors (Lipinski definition) is 1. The van der Waals surface area contributed by atoms with E-state index in [4.69, 9.17) is 9.73 Å². The molecule has 1 N–H and O–H groups in total. The van der Waals surface area contributed by atoms with Gasteiger partial charge in [0.05, 0.1) is 13.2 Å². The highest BCUT2D eigenvalue weighted by Crippen LogP contribution is 2.19. The lowest BCUT2D eigenvalue weighted by atomic mass is 9.99. The number of hydrogen-bond acceptors (Lipinski definition) is 3. The third kappa shape index (κ3) is 6.21. The van der Waals surface area contributed by atoms with Crippen molar-refractivity contribution >= 4 is 5.96 Å². The van der Waals surface area contributed by atoms with E-state index in [9.17, 15) is 0 Å². The number of ether oxygens (including phenoxy) is 1. The molecular formula is C23H38N4O. The van der Waals surface area contributed by atoms with Crippen molar-refractivity contribution in [2.45, 2.75) is 46.2 Å². The summed E-state index contributed by atoms with van der Waals surface area (Å²) in [5.74, 6) is 2.54. The topological polar surface area (TPSA) is 40.1 Å². The molecule has 0 bridgehead atoms. The van der Waals surface area contributed by atoms with E-state index in [-0.39, 0.29) is 0 Å². The quantitative estimate of drug-likeness (QED) is 0.576. The molecule has 0 aliphatic carbocycles. The van der Waals surface area contributed by atoms with Crippen LogP contribution in [0.3, 0.4) is 0 Å². The van der Waals surface area contributed by atoms with Crippen LogP contribution < -0.4 is 5.32 Å². The first-order valence-electron chi connectivity index (χ1n) is 11.0. The van der Waals surface area contributed by atoms with Crippen LogP contribution >= 0.6 is 0 Å². The zero-order chi connectivity index (χ0) is 19.8. The Morgan fingerprint density at radius 2 is 1.82 bits per heavy atom. The summed E-state index contributed by atoms with van der Waals surface area (Å²) >= 11 is 0. The van der Waals surface area contributed by atoms with Crippen LogP contribution in [0.15, 0.2) is 29.3 Å². The summed E-state index contributed by atoms with van der Waals surface area (Å²) in [5.41, 5.74) is 2.69. The molecule has 2 saturated heterocycles. The Morgan fingerprint density at radius 3 is 2.50 bits per heavy atom. The summed E-state index contributed by atoms with van der Waals surface area (Å²) in [4.78, 5) is 9.85. The largest absolute Gasteiger partial charge is 0.384 e. The van der Waals surface area contributed by atoms with Crippen LogP contribution in [0.1, 0.15) is 44.2 Å². The van der Waals surface area contributed by atoms with Crippen LogP contribution in [0.2, 0.25) is 0 Å². The van der Waals surface area contributed by atoms with Crippen LogP contribution in [0.25, 0.3) is 0 Å². The van der Waals surface area contributed by atoms with Gasteiger partial charge in [0.2, 0.25) is 0 Å². The molecule has 1 aromatic carbocycles. The van der Waals surface area contributed by atoms with Crippen LogP contribution in [0.4, 0.5) is 0 Å². The van der Waals surface area contributed by atoms with Gasteiger partial charge in [0.1, 0.15) is 0 Å². The number of nitrogens with zero attached hydrogens (tertiary/aromatic N) is 3. The first kappa shape index (κ1) is 21.1. The van der Waals surface area contributed by atoms with Gasteiger partial charge in [-0.25, -0.2) is 4.99 Å². The van der Waals surface area contributed by atoms with E-state index < -0.39 is 0 Å². The SMILES string of the molecule is CCNC(=NCc1ccc(CN2CCC(C)CC2)cc1)N1CCC(COC)C1. The predicted octanol–water partition coefficient (Wildman–Crippen LogP) is 3.35. The van der Waals surface area contributed by atoms with Crippen molar-refractivity contribution in [1.29, 1.82) is 0 Å². The van der Waals surface area contributed by atoms with Crippen LogP contribution in [-0.2, 0) is 17.8 Å². The molecule has 0 saturated carbocycles. The van der Waals surface area contributed by atoms with Crippen molar-refractivity contribution in [1.82, 2.24) is 15.1 Å². The van der Waals surface area contributed by atoms with E-state index >= 15 is 0 Å². The highest BCUT2D eigenvalue weighted by Gasteiger charge is 2.24. The van der Waals surface area contributed by atoms with Gasteiger partial charge in [-0.2, -0.15) is 0 Å². The van der Waals surface area contributed by atoms with Gasteiger partial charge < -0.3 is 15.0 Å². The summed E-state index contributed by atoms with van der Waals surface area (Å²) < 4.78 is 5.32. The normalized spacial score (nSPS) is 22.0. The average molecular weight is 387 g/mol. The molecular weight excluding hydrogens is 348 g/mol. The fourth-order valence-electron chi connectivity index (χ4n) is 4.22. The molecule has 2 aliphatic heterocycles. The molecule has 0 aromatic heterocycles. The lowest BCUT2D eigenvalue weighted by molar-refractivity contribution is 0.157. The minimum atomic E-state index is 0.617. The van der Waals surface area contributed by atoms with Crippen molar-refractivity contribution in [2.24, 2.45) is 16.8 Å². The number of likely N-dealkylation sites (tertiary alicyclic amines) is 2. The first-order valence-corrected chi connectivity index (χ1v) is 11.0. The Bertz CT molecular complexity index is 608. The maximum Gasteiger partial charge on any atom is 0.194 e. The Hall–Kier alpha value is -1.59. The van der Waals surface area contributed by atoms with Gasteiger partial charge in [0, 0.05) is 39.2 Å². The number of piperidine rings is 1. The first-order chi connectivity index (χ1) is 13.7. The summed E-state index contributed by atoms with van der Waals surface area (Å²) in [6.45, 7) is 12.6. The molecule has 3 rings (SSSR count). The molecule has 0 amide bonds. The Kier molecular flexibility index (Phi) is 8.16. The second-order valence-electron chi connectivity index (χ2n) is 8.50. The molecule has 2 fully saturated rings. The Morgan fingerprint density at radius 1 is 1.11 bits per heavy atom. The van der Waals surface area contributed by atoms with Crippen molar-refractivity contribution in [2.75, 3.05) is 46.4 Å². The van der Waals surface area contributed by atoms with Crippen LogP contribution in [0.5, 0.6) is 0 Å². The van der Waals surface area contributed by atoms with Gasteiger partial charge in [-0.15, -0.1) is 0 Å². The summed E-state index contributed by atoms with van der Waals surface area (Å²) in [7, 11) is 1.79. The van der Waals surface area contributed by atoms with Gasteiger partial charge in [-0.05, 0) is 56.3 Å². The lowest BCUT2D eigenvalue weighted by Crippen LogP contribution is -2.40. The van der Waals surface area contributed by atoms with Crippen LogP contribution in [0, 0.1) is 11.8 Å². The lowest BCUT2D eigenvalue weighted by Gasteiger charge is -2.30. The minimum absolute atomic E-state index is 0.617. The highest BCUT2D eigenvalue weighted by atomic mass is 16.5. The fraction of sp³-hybridized carbons (Fsp3) is 0.696. The number of rotatable bonds is 7. The zero-order valence-corrected chi connectivity index (χ0v) is 18.0. The standard InChI is InChI=1S/C23H38N4O/c1-4-24-23(27-14-11-22(17-27)18-28-3)25-15-20-5-7-21(8-6-20)16-26-12-9-19(2)10-13-26/h5-8,19,22H,4,9-18H2,1-3H3,(H,24,25). The van der Waals surface area contributed by atoms with E-state index in [2.05, 4.69) is 53.2 Å². The third-order valence-corrected chi connectivity index (χ3v) is 6.04. The number of nitrogens with one attached hydrogen (secondary N) is 1. The Labute approximate surface area is 171 Å². The van der Waals surface area contributed by atoms with Gasteiger partial charge in [-0.3, -0.25) is 4.90 Å². The van der Waals surface area contributed by atoms with E-state index in [0.29, 0.717) is 5.92 Å². The van der Waals surface area contributed by atoms with Crippen molar-refractivity contribution < 1.29 is 4.74 Å². The van der Waals surface area contributed by atoms with Gasteiger partial charge in [0.15, 0.2) is 5.96 Å². The molecule has 1 unspecified atom stereocenters. The van der Waals surface area contributed by atoms with E-state index in [1.54, 1.807) is 7.11 Å². The zero-order valence-electron chi connectivity index (χ0n) is 18.0. The number of guanidine groups is 1. The smallest absolute Gasteiger partial charge is 0.194 e. The molecule has 2 heterocycles. The van der Waals surface area contributed by atoms with Gasteiger partial charge >= 0.3 is 0 Å². The second-order valence-corrected chi connectivity index (χ2v) is 8.50. The maximum atomic E-state index is 5.32. The number of benzene rings is 1. The van der Waals surface area contributed by atoms with Gasteiger partial charge in [-0.1, -0.05) is 31.2 Å². The predicted molar refractivity (Wildman–Crippen MR) is 116 cm³/mol. The van der Waals surface area contributed by atoms with E-state index in [1.807, 2.05) is 0 Å². The molecule has 0 spiro atoms. The van der Waals surface area contributed by atoms with Crippen molar-refractivity contribution in [3.05, 3.63) is 35.4 Å². The fourth-order valence-corrected chi connectivity index (χ4v) is 4.22. The second kappa shape index (κ2) is 10.8. The summed E-state index contributed by atoms with van der Waals surface area (Å²) in [6, 6.07) is 9.04. The average Bonchev–Trinajstić information content (AvgIpc) is 3.17.